The summed E-state index contributed by atoms with van der Waals surface area (Å²) in [5, 5.41) is 0. The lowest BCUT2D eigenvalue weighted by molar-refractivity contribution is -0.870. The van der Waals surface area contributed by atoms with Crippen molar-refractivity contribution in [3.05, 3.63) is 85.1 Å². The van der Waals surface area contributed by atoms with Gasteiger partial charge in [-0.25, -0.2) is 4.57 Å². The smallest absolute Gasteiger partial charge is 0.462 e. The molecule has 0 saturated carbocycles. The third-order valence-corrected chi connectivity index (χ3v) is 12.9. The number of hydrogen-bond acceptors (Lipinski definition) is 7. The molecule has 0 aromatic heterocycles. The summed E-state index contributed by atoms with van der Waals surface area (Å²) >= 11 is 0. The fraction of sp³-hybridized carbons (Fsp3) is 0.733. The first-order valence-electron chi connectivity index (χ1n) is 28.3. The summed E-state index contributed by atoms with van der Waals surface area (Å²) in [4.78, 5) is 35.7. The molecule has 404 valence electrons. The van der Waals surface area contributed by atoms with Gasteiger partial charge in [0.1, 0.15) is 19.8 Å². The minimum atomic E-state index is -4.39. The van der Waals surface area contributed by atoms with Crippen molar-refractivity contribution in [1.82, 2.24) is 0 Å². The molecule has 2 atom stereocenters. The number of hydrogen-bond donors (Lipinski definition) is 1. The minimum absolute atomic E-state index is 0.0245. The maximum Gasteiger partial charge on any atom is 0.472 e. The third kappa shape index (κ3) is 54.5. The Morgan fingerprint density at radius 1 is 0.457 bits per heavy atom. The Labute approximate surface area is 431 Å². The first kappa shape index (κ1) is 67.2. The molecule has 9 nitrogen and oxygen atoms in total. The summed E-state index contributed by atoms with van der Waals surface area (Å²) in [6.45, 7) is 4.29. The van der Waals surface area contributed by atoms with E-state index in [9.17, 15) is 19.0 Å². The van der Waals surface area contributed by atoms with Crippen LogP contribution < -0.4 is 0 Å². The molecule has 0 bridgehead atoms. The van der Waals surface area contributed by atoms with Crippen LogP contribution in [0.25, 0.3) is 0 Å². The van der Waals surface area contributed by atoms with Crippen LogP contribution in [0.4, 0.5) is 0 Å². The lowest BCUT2D eigenvalue weighted by atomic mass is 10.0. The van der Waals surface area contributed by atoms with Crippen LogP contribution in [-0.4, -0.2) is 74.9 Å². The predicted octanol–water partition coefficient (Wildman–Crippen LogP) is 17.5. The lowest BCUT2D eigenvalue weighted by Crippen LogP contribution is -2.37. The van der Waals surface area contributed by atoms with E-state index >= 15 is 0 Å². The van der Waals surface area contributed by atoms with Gasteiger partial charge in [0.05, 0.1) is 27.7 Å². The number of allylic oxidation sites excluding steroid dienone is 14. The Morgan fingerprint density at radius 2 is 0.814 bits per heavy atom. The standard InChI is InChI=1S/C60H106NO8P/c1-6-8-10-12-14-16-18-20-22-24-26-27-28-29-30-31-32-33-35-36-38-40-42-44-46-48-50-52-59(62)66-56-58(57-68-70(64,65)67-55-54-61(3,4)5)69-60(63)53-51-49-47-45-43-41-39-37-34-25-23-21-19-17-15-13-11-9-7-2/h9,11,15,17-18,20-21,23-24,26,28-29,34,37,58H,6-8,10,12-14,16,19,22,25,27,30-33,35-36,38-57H2,1-5H3/p+1/b11-9-,17-15-,20-18-,23-21-,26-24-,29-28-,37-34-. The van der Waals surface area contributed by atoms with Gasteiger partial charge in [0.15, 0.2) is 6.10 Å². The highest BCUT2D eigenvalue weighted by atomic mass is 31.2. The van der Waals surface area contributed by atoms with E-state index < -0.39 is 26.5 Å². The number of quaternary nitrogens is 1. The van der Waals surface area contributed by atoms with Gasteiger partial charge in [0.25, 0.3) is 0 Å². The summed E-state index contributed by atoms with van der Waals surface area (Å²) < 4.78 is 34.5. The molecule has 70 heavy (non-hydrogen) atoms. The molecular formula is C60H107NO8P+. The van der Waals surface area contributed by atoms with Gasteiger partial charge in [-0.15, -0.1) is 0 Å². The largest absolute Gasteiger partial charge is 0.472 e. The van der Waals surface area contributed by atoms with Crippen LogP contribution in [0.2, 0.25) is 0 Å². The fourth-order valence-electron chi connectivity index (χ4n) is 7.54. The van der Waals surface area contributed by atoms with E-state index in [4.69, 9.17) is 18.5 Å². The van der Waals surface area contributed by atoms with E-state index in [0.717, 1.165) is 96.3 Å². The van der Waals surface area contributed by atoms with Crippen LogP contribution in [0.5, 0.6) is 0 Å². The quantitative estimate of drug-likeness (QED) is 0.0211. The van der Waals surface area contributed by atoms with Crippen molar-refractivity contribution < 1.29 is 42.1 Å². The average Bonchev–Trinajstić information content (AvgIpc) is 3.32. The molecule has 0 radical (unpaired) electrons. The highest BCUT2D eigenvalue weighted by Gasteiger charge is 2.27. The zero-order valence-electron chi connectivity index (χ0n) is 45.7. The number of ether oxygens (including phenoxy) is 2. The molecule has 2 unspecified atom stereocenters. The second-order valence-corrected chi connectivity index (χ2v) is 21.4. The summed E-state index contributed by atoms with van der Waals surface area (Å²) in [5.74, 6) is -0.817. The van der Waals surface area contributed by atoms with Crippen LogP contribution in [0.15, 0.2) is 85.1 Å². The van der Waals surface area contributed by atoms with Crippen molar-refractivity contribution in [2.45, 2.75) is 238 Å². The second kappa shape index (κ2) is 51.1. The van der Waals surface area contributed by atoms with Gasteiger partial charge >= 0.3 is 19.8 Å². The van der Waals surface area contributed by atoms with E-state index in [2.05, 4.69) is 98.9 Å². The first-order chi connectivity index (χ1) is 34.0. The molecule has 1 N–H and O–H groups in total. The van der Waals surface area contributed by atoms with E-state index in [1.54, 1.807) is 0 Å². The molecule has 0 aliphatic carbocycles. The van der Waals surface area contributed by atoms with E-state index in [1.165, 1.54) is 103 Å². The Hall–Kier alpha value is -2.81. The molecule has 10 heteroatoms. The van der Waals surface area contributed by atoms with Crippen molar-refractivity contribution in [2.24, 2.45) is 0 Å². The SMILES string of the molecule is CC/C=C\C/C=C\C/C=C\C/C=C\CCCCCCCCC(=O)OC(COC(=O)CCCCCCCCCCCCCC/C=C\C/C=C\C/C=C\CCCCCCC)COP(=O)(O)OCC[N+](C)(C)C. The number of unbranched alkanes of at least 4 members (excludes halogenated alkanes) is 23. The number of carbonyl (C=O) groups is 2. The molecule has 0 fully saturated rings. The molecule has 0 aliphatic rings. The highest BCUT2D eigenvalue weighted by Crippen LogP contribution is 2.43. The normalized spacial score (nSPS) is 14.0. The van der Waals surface area contributed by atoms with Crippen molar-refractivity contribution >= 4 is 19.8 Å². The van der Waals surface area contributed by atoms with Crippen LogP contribution >= 0.6 is 7.82 Å². The molecule has 0 heterocycles. The summed E-state index contributed by atoms with van der Waals surface area (Å²) in [6.07, 6.45) is 67.9. The van der Waals surface area contributed by atoms with Gasteiger partial charge in [-0.05, 0) is 89.9 Å². The summed E-state index contributed by atoms with van der Waals surface area (Å²) in [5.41, 5.74) is 0. The predicted molar refractivity (Wildman–Crippen MR) is 298 cm³/mol. The number of nitrogens with zero attached hydrogens (tertiary/aromatic N) is 1. The zero-order chi connectivity index (χ0) is 51.3. The molecule has 0 rings (SSSR count). The minimum Gasteiger partial charge on any atom is -0.462 e. The maximum atomic E-state index is 12.8. The van der Waals surface area contributed by atoms with Gasteiger partial charge in [0, 0.05) is 12.8 Å². The number of phosphoric acid groups is 1. The topological polar surface area (TPSA) is 108 Å². The number of carbonyl (C=O) groups excluding carboxylic acids is 2. The average molecular weight is 1000 g/mol. The van der Waals surface area contributed by atoms with E-state index in [1.807, 2.05) is 21.1 Å². The number of phosphoric ester groups is 1. The fourth-order valence-corrected chi connectivity index (χ4v) is 8.28. The number of likely N-dealkylation sites (N-methyl/N-ethyl adjacent to an activating group) is 1. The Bertz CT molecular complexity index is 1460. The van der Waals surface area contributed by atoms with Crippen LogP contribution in [0, 0.1) is 0 Å². The van der Waals surface area contributed by atoms with Crippen LogP contribution in [0.1, 0.15) is 232 Å². The number of esters is 2. The van der Waals surface area contributed by atoms with E-state index in [0.29, 0.717) is 17.4 Å². The molecule has 0 spiro atoms. The molecule has 0 saturated heterocycles. The van der Waals surface area contributed by atoms with Crippen LogP contribution in [-0.2, 0) is 32.7 Å². The Kier molecular flexibility index (Phi) is 49.1. The van der Waals surface area contributed by atoms with Crippen LogP contribution in [0.3, 0.4) is 0 Å². The maximum absolute atomic E-state index is 12.8. The van der Waals surface area contributed by atoms with Gasteiger partial charge in [-0.3, -0.25) is 18.6 Å². The molecular weight excluding hydrogens is 894 g/mol. The first-order valence-corrected chi connectivity index (χ1v) is 29.8. The number of rotatable bonds is 51. The molecule has 0 aromatic carbocycles. The van der Waals surface area contributed by atoms with Crippen molar-refractivity contribution in [1.29, 1.82) is 0 Å². The summed E-state index contributed by atoms with van der Waals surface area (Å²) in [6, 6.07) is 0. The van der Waals surface area contributed by atoms with Gasteiger partial charge in [0.2, 0.25) is 0 Å². The van der Waals surface area contributed by atoms with Gasteiger partial charge < -0.3 is 18.9 Å². The summed E-state index contributed by atoms with van der Waals surface area (Å²) in [7, 11) is 1.46. The lowest BCUT2D eigenvalue weighted by Gasteiger charge is -2.24. The van der Waals surface area contributed by atoms with Crippen molar-refractivity contribution in [3.63, 3.8) is 0 Å². The van der Waals surface area contributed by atoms with Gasteiger partial charge in [-0.2, -0.15) is 0 Å². The monoisotopic (exact) mass is 1000 g/mol. The zero-order valence-corrected chi connectivity index (χ0v) is 46.6. The van der Waals surface area contributed by atoms with Crippen molar-refractivity contribution in [2.75, 3.05) is 47.5 Å². The Morgan fingerprint density at radius 3 is 1.21 bits per heavy atom. The molecule has 0 aliphatic heterocycles. The highest BCUT2D eigenvalue weighted by molar-refractivity contribution is 7.47. The van der Waals surface area contributed by atoms with Crippen molar-refractivity contribution in [3.8, 4) is 0 Å². The Balaban J connectivity index is 4.19. The second-order valence-electron chi connectivity index (χ2n) is 19.9. The molecule has 0 aromatic rings. The van der Waals surface area contributed by atoms with Gasteiger partial charge in [-0.1, -0.05) is 214 Å². The molecule has 0 amide bonds. The van der Waals surface area contributed by atoms with E-state index in [-0.39, 0.29) is 32.0 Å². The third-order valence-electron chi connectivity index (χ3n) is 11.9.